The summed E-state index contributed by atoms with van der Waals surface area (Å²) in [4.78, 5) is 25.2. The summed E-state index contributed by atoms with van der Waals surface area (Å²) in [5.41, 5.74) is 0. The molecule has 0 aromatic rings. The number of ether oxygens (including phenoxy) is 1. The Morgan fingerprint density at radius 2 is 1.94 bits per heavy atom. The Kier molecular flexibility index (Phi) is 5.73. The number of nitrogens with zero attached hydrogens (tertiary/aromatic N) is 1. The number of esters is 1. The van der Waals surface area contributed by atoms with Crippen molar-refractivity contribution in [3.63, 3.8) is 0 Å². The first-order valence-electron chi connectivity index (χ1n) is 6.28. The van der Waals surface area contributed by atoms with Crippen molar-refractivity contribution >= 4 is 11.9 Å². The number of hydrogen-bond donors (Lipinski definition) is 0. The first-order valence-corrected chi connectivity index (χ1v) is 6.28. The molecule has 4 nitrogen and oxygen atoms in total. The molecule has 0 bridgehead atoms. The number of allylic oxidation sites excluding steroid dienone is 2. The smallest absolute Gasteiger partial charge is 0.325 e. The molecule has 0 radical (unpaired) electrons. The fourth-order valence-electron chi connectivity index (χ4n) is 1.98. The minimum atomic E-state index is -0.319. The molecule has 4 heteroatoms. The zero-order valence-electron chi connectivity index (χ0n) is 10.6. The zero-order chi connectivity index (χ0) is 12.7. The Morgan fingerprint density at radius 3 is 2.47 bits per heavy atom. The van der Waals surface area contributed by atoms with Gasteiger partial charge >= 0.3 is 5.97 Å². The number of carbonyl (C=O) groups excluding carboxylic acids is 2. The summed E-state index contributed by atoms with van der Waals surface area (Å²) in [6.45, 7) is 4.83. The topological polar surface area (TPSA) is 46.6 Å². The van der Waals surface area contributed by atoms with Crippen LogP contribution in [0.1, 0.15) is 33.1 Å². The molecular weight excluding hydrogens is 218 g/mol. The van der Waals surface area contributed by atoms with E-state index in [2.05, 4.69) is 0 Å². The Labute approximate surface area is 103 Å². The van der Waals surface area contributed by atoms with Crippen LogP contribution in [0.4, 0.5) is 0 Å². The van der Waals surface area contributed by atoms with E-state index in [0.29, 0.717) is 13.2 Å². The Balaban J connectivity index is 2.51. The average molecular weight is 239 g/mol. The quantitative estimate of drug-likeness (QED) is 0.524. The normalized spacial score (nSPS) is 14.9. The van der Waals surface area contributed by atoms with E-state index in [4.69, 9.17) is 4.74 Å². The molecule has 17 heavy (non-hydrogen) atoms. The molecule has 0 aromatic heterocycles. The summed E-state index contributed by atoms with van der Waals surface area (Å²) in [7, 11) is 0. The highest BCUT2D eigenvalue weighted by Gasteiger charge is 2.25. The van der Waals surface area contributed by atoms with Gasteiger partial charge in [0.15, 0.2) is 0 Å². The molecule has 1 amide bonds. The summed E-state index contributed by atoms with van der Waals surface area (Å²) in [6, 6.07) is 0. The lowest BCUT2D eigenvalue weighted by molar-refractivity contribution is -0.150. The van der Waals surface area contributed by atoms with Crippen LogP contribution in [0.15, 0.2) is 12.2 Å². The molecule has 0 saturated heterocycles. The Morgan fingerprint density at radius 1 is 1.29 bits per heavy atom. The molecule has 0 aromatic carbocycles. The molecule has 1 aliphatic rings. The standard InChI is InChI=1S/C13H21NO3/c1-3-9-14(10-12(15)17-4-2)13(16)11-7-5-6-8-11/h5-6,11H,3-4,7-10H2,1-2H3. The highest BCUT2D eigenvalue weighted by atomic mass is 16.5. The first-order chi connectivity index (χ1) is 8.19. The van der Waals surface area contributed by atoms with Gasteiger partial charge in [-0.05, 0) is 26.2 Å². The second-order valence-electron chi connectivity index (χ2n) is 4.20. The third-order valence-corrected chi connectivity index (χ3v) is 2.79. The largest absolute Gasteiger partial charge is 0.465 e. The van der Waals surface area contributed by atoms with Gasteiger partial charge < -0.3 is 9.64 Å². The van der Waals surface area contributed by atoms with E-state index < -0.39 is 0 Å². The van der Waals surface area contributed by atoms with Gasteiger partial charge in [-0.1, -0.05) is 19.1 Å². The average Bonchev–Trinajstić information content (AvgIpc) is 2.81. The van der Waals surface area contributed by atoms with Crippen molar-refractivity contribution < 1.29 is 14.3 Å². The maximum atomic E-state index is 12.2. The van der Waals surface area contributed by atoms with Gasteiger partial charge in [0, 0.05) is 12.5 Å². The van der Waals surface area contributed by atoms with Crippen molar-refractivity contribution in [2.75, 3.05) is 19.7 Å². The van der Waals surface area contributed by atoms with E-state index >= 15 is 0 Å². The van der Waals surface area contributed by atoms with Crippen LogP contribution in [0.3, 0.4) is 0 Å². The van der Waals surface area contributed by atoms with Gasteiger partial charge in [0.2, 0.25) is 5.91 Å². The van der Waals surface area contributed by atoms with E-state index in [9.17, 15) is 9.59 Å². The number of hydrogen-bond acceptors (Lipinski definition) is 3. The molecule has 0 saturated carbocycles. The van der Waals surface area contributed by atoms with Crippen LogP contribution in [0.25, 0.3) is 0 Å². The minimum Gasteiger partial charge on any atom is -0.465 e. The molecule has 0 spiro atoms. The molecule has 1 aliphatic carbocycles. The number of rotatable bonds is 6. The molecule has 0 heterocycles. The molecule has 0 atom stereocenters. The van der Waals surface area contributed by atoms with Crippen molar-refractivity contribution in [2.24, 2.45) is 5.92 Å². The van der Waals surface area contributed by atoms with Gasteiger partial charge in [-0.3, -0.25) is 9.59 Å². The van der Waals surface area contributed by atoms with E-state index in [-0.39, 0.29) is 24.3 Å². The summed E-state index contributed by atoms with van der Waals surface area (Å²) >= 11 is 0. The molecule has 0 aliphatic heterocycles. The van der Waals surface area contributed by atoms with Gasteiger partial charge in [0.25, 0.3) is 0 Å². The van der Waals surface area contributed by atoms with E-state index in [1.807, 2.05) is 19.1 Å². The molecule has 1 rings (SSSR count). The molecule has 0 N–H and O–H groups in total. The lowest BCUT2D eigenvalue weighted by Gasteiger charge is -2.24. The molecular formula is C13H21NO3. The second-order valence-corrected chi connectivity index (χ2v) is 4.20. The highest BCUT2D eigenvalue weighted by molar-refractivity contribution is 5.84. The van der Waals surface area contributed by atoms with Gasteiger partial charge in [-0.25, -0.2) is 0 Å². The Bertz CT molecular complexity index is 291. The second kappa shape index (κ2) is 7.09. The van der Waals surface area contributed by atoms with Crippen LogP contribution < -0.4 is 0 Å². The Hall–Kier alpha value is -1.32. The zero-order valence-corrected chi connectivity index (χ0v) is 10.6. The maximum absolute atomic E-state index is 12.2. The van der Waals surface area contributed by atoms with Gasteiger partial charge in [-0.15, -0.1) is 0 Å². The van der Waals surface area contributed by atoms with Crippen molar-refractivity contribution in [1.29, 1.82) is 0 Å². The third-order valence-electron chi connectivity index (χ3n) is 2.79. The maximum Gasteiger partial charge on any atom is 0.325 e. The fourth-order valence-corrected chi connectivity index (χ4v) is 1.98. The van der Waals surface area contributed by atoms with Crippen LogP contribution in [-0.4, -0.2) is 36.5 Å². The van der Waals surface area contributed by atoms with Crippen LogP contribution in [0.5, 0.6) is 0 Å². The van der Waals surface area contributed by atoms with Gasteiger partial charge in [0.05, 0.1) is 6.61 Å². The molecule has 0 unspecified atom stereocenters. The molecule has 96 valence electrons. The lowest BCUT2D eigenvalue weighted by Crippen LogP contribution is -2.40. The monoisotopic (exact) mass is 239 g/mol. The van der Waals surface area contributed by atoms with Crippen LogP contribution >= 0.6 is 0 Å². The van der Waals surface area contributed by atoms with Crippen molar-refractivity contribution in [2.45, 2.75) is 33.1 Å². The predicted octanol–water partition coefficient (Wildman–Crippen LogP) is 1.75. The van der Waals surface area contributed by atoms with Gasteiger partial charge in [-0.2, -0.15) is 0 Å². The van der Waals surface area contributed by atoms with E-state index in [0.717, 1.165) is 19.3 Å². The summed E-state index contributed by atoms with van der Waals surface area (Å²) in [5.74, 6) is -0.221. The summed E-state index contributed by atoms with van der Waals surface area (Å²) in [6.07, 6.45) is 6.49. The van der Waals surface area contributed by atoms with Gasteiger partial charge in [0.1, 0.15) is 6.54 Å². The van der Waals surface area contributed by atoms with E-state index in [1.165, 1.54) is 0 Å². The predicted molar refractivity (Wildman–Crippen MR) is 65.4 cm³/mol. The van der Waals surface area contributed by atoms with Crippen molar-refractivity contribution in [3.05, 3.63) is 12.2 Å². The number of carbonyl (C=O) groups is 2. The van der Waals surface area contributed by atoms with Crippen molar-refractivity contribution in [3.8, 4) is 0 Å². The third kappa shape index (κ3) is 4.21. The highest BCUT2D eigenvalue weighted by Crippen LogP contribution is 2.20. The fraction of sp³-hybridized carbons (Fsp3) is 0.692. The van der Waals surface area contributed by atoms with Crippen LogP contribution in [-0.2, 0) is 14.3 Å². The summed E-state index contributed by atoms with van der Waals surface area (Å²) in [5, 5.41) is 0. The van der Waals surface area contributed by atoms with Crippen molar-refractivity contribution in [1.82, 2.24) is 4.90 Å². The minimum absolute atomic E-state index is 0.0241. The van der Waals surface area contributed by atoms with Crippen LogP contribution in [0, 0.1) is 5.92 Å². The SMILES string of the molecule is CCCN(CC(=O)OCC)C(=O)C1CC=CC1. The van der Waals surface area contributed by atoms with E-state index in [1.54, 1.807) is 11.8 Å². The first kappa shape index (κ1) is 13.7. The number of amides is 1. The summed E-state index contributed by atoms with van der Waals surface area (Å²) < 4.78 is 4.88. The molecule has 0 fully saturated rings. The van der Waals surface area contributed by atoms with Crippen LogP contribution in [0.2, 0.25) is 0 Å². The lowest BCUT2D eigenvalue weighted by atomic mass is 10.1.